The molecule has 3 aromatic rings. The molecule has 2 heterocycles. The van der Waals surface area contributed by atoms with Crippen LogP contribution in [0.3, 0.4) is 0 Å². The first-order chi connectivity index (χ1) is 15.1. The largest absolute Gasteiger partial charge is 0.480 e. The van der Waals surface area contributed by atoms with E-state index in [4.69, 9.17) is 4.42 Å². The van der Waals surface area contributed by atoms with Gasteiger partial charge in [-0.1, -0.05) is 25.8 Å². The first-order valence-corrected chi connectivity index (χ1v) is 12.4. The lowest BCUT2D eigenvalue weighted by Gasteiger charge is -2.17. The molecule has 174 valence electrons. The molecule has 32 heavy (non-hydrogen) atoms. The molecular weight excluding hydrogens is 459 g/mol. The summed E-state index contributed by atoms with van der Waals surface area (Å²) < 4.78 is 45.3. The van der Waals surface area contributed by atoms with E-state index < -0.39 is 23.0 Å². The SMILES string of the molecule is CCCCC(CCSC(C(=O)O)c1scnc1C)c1oc2cc(C(F)(F)F)ccc2c1C. The summed E-state index contributed by atoms with van der Waals surface area (Å²) in [6, 6.07) is 3.62. The lowest BCUT2D eigenvalue weighted by Crippen LogP contribution is -2.10. The highest BCUT2D eigenvalue weighted by Gasteiger charge is 2.32. The van der Waals surface area contributed by atoms with E-state index in [0.717, 1.165) is 47.5 Å². The maximum absolute atomic E-state index is 13.1. The Labute approximate surface area is 193 Å². The first kappa shape index (κ1) is 24.6. The zero-order chi connectivity index (χ0) is 23.5. The van der Waals surface area contributed by atoms with Crippen LogP contribution in [0.1, 0.15) is 71.2 Å². The van der Waals surface area contributed by atoms with Gasteiger partial charge in [-0.15, -0.1) is 23.1 Å². The van der Waals surface area contributed by atoms with Gasteiger partial charge in [-0.05, 0) is 50.1 Å². The summed E-state index contributed by atoms with van der Waals surface area (Å²) in [6.07, 6.45) is -0.969. The number of carboxylic acids is 1. The Bertz CT molecular complexity index is 1070. The number of halogens is 3. The first-order valence-electron chi connectivity index (χ1n) is 10.5. The number of nitrogens with zero attached hydrogens (tertiary/aromatic N) is 1. The Kier molecular flexibility index (Phi) is 7.92. The fourth-order valence-electron chi connectivity index (χ4n) is 3.82. The van der Waals surface area contributed by atoms with E-state index in [0.29, 0.717) is 23.3 Å². The highest BCUT2D eigenvalue weighted by Crippen LogP contribution is 2.40. The molecule has 0 fully saturated rings. The van der Waals surface area contributed by atoms with Crippen LogP contribution in [-0.2, 0) is 11.0 Å². The lowest BCUT2D eigenvalue weighted by atomic mass is 9.93. The van der Waals surface area contributed by atoms with Crippen LogP contribution < -0.4 is 0 Å². The van der Waals surface area contributed by atoms with E-state index in [-0.39, 0.29) is 11.5 Å². The standard InChI is InChI=1S/C23H26F3NO3S2/c1-4-5-6-15(9-10-31-21(22(28)29)20-14(3)27-12-32-20)19-13(2)17-8-7-16(23(24,25)26)11-18(17)30-19/h7-8,11-12,15,21H,4-6,9-10H2,1-3H3,(H,28,29). The molecule has 2 unspecified atom stereocenters. The number of rotatable bonds is 10. The van der Waals surface area contributed by atoms with Gasteiger partial charge in [-0.2, -0.15) is 13.2 Å². The lowest BCUT2D eigenvalue weighted by molar-refractivity contribution is -0.138. The van der Waals surface area contributed by atoms with Crippen molar-refractivity contribution in [3.63, 3.8) is 0 Å². The summed E-state index contributed by atoms with van der Waals surface area (Å²) in [7, 11) is 0. The number of carbonyl (C=O) groups is 1. The van der Waals surface area contributed by atoms with Crippen molar-refractivity contribution in [1.82, 2.24) is 4.98 Å². The number of thiazole rings is 1. The van der Waals surface area contributed by atoms with E-state index in [1.165, 1.54) is 29.2 Å². The van der Waals surface area contributed by atoms with Crippen molar-refractivity contribution < 1.29 is 27.5 Å². The van der Waals surface area contributed by atoms with E-state index >= 15 is 0 Å². The van der Waals surface area contributed by atoms with E-state index in [9.17, 15) is 23.1 Å². The van der Waals surface area contributed by atoms with Crippen LogP contribution in [0.4, 0.5) is 13.2 Å². The third kappa shape index (κ3) is 5.49. The minimum absolute atomic E-state index is 0.0150. The molecular formula is C23H26F3NO3S2. The Morgan fingerprint density at radius 1 is 1.28 bits per heavy atom. The van der Waals surface area contributed by atoms with Crippen LogP contribution >= 0.6 is 23.1 Å². The second kappa shape index (κ2) is 10.3. The van der Waals surface area contributed by atoms with Gasteiger partial charge in [0.05, 0.1) is 21.6 Å². The molecule has 0 saturated carbocycles. The maximum atomic E-state index is 13.1. The van der Waals surface area contributed by atoms with Gasteiger partial charge in [-0.3, -0.25) is 4.79 Å². The molecule has 2 aromatic heterocycles. The molecule has 0 spiro atoms. The van der Waals surface area contributed by atoms with Crippen molar-refractivity contribution in [1.29, 1.82) is 0 Å². The number of aryl methyl sites for hydroxylation is 2. The smallest absolute Gasteiger partial charge is 0.416 e. The van der Waals surface area contributed by atoms with E-state index in [1.54, 1.807) is 12.4 Å². The number of furan rings is 1. The minimum atomic E-state index is -4.42. The number of alkyl halides is 3. The number of hydrogen-bond donors (Lipinski definition) is 1. The van der Waals surface area contributed by atoms with Gasteiger partial charge in [0, 0.05) is 11.3 Å². The van der Waals surface area contributed by atoms with Crippen LogP contribution in [-0.4, -0.2) is 21.8 Å². The summed E-state index contributed by atoms with van der Waals surface area (Å²) in [6.45, 7) is 5.76. The van der Waals surface area contributed by atoms with Gasteiger partial charge in [0.25, 0.3) is 0 Å². The average molecular weight is 486 g/mol. The monoisotopic (exact) mass is 485 g/mol. The van der Waals surface area contributed by atoms with Crippen molar-refractivity contribution >= 4 is 40.0 Å². The molecule has 1 aromatic carbocycles. The second-order valence-electron chi connectivity index (χ2n) is 7.82. The summed E-state index contributed by atoms with van der Waals surface area (Å²) >= 11 is 2.70. The van der Waals surface area contributed by atoms with Gasteiger partial charge in [0.1, 0.15) is 16.6 Å². The maximum Gasteiger partial charge on any atom is 0.416 e. The molecule has 3 rings (SSSR count). The van der Waals surface area contributed by atoms with Crippen LogP contribution in [0.5, 0.6) is 0 Å². The fourth-order valence-corrected chi connectivity index (χ4v) is 6.08. The van der Waals surface area contributed by atoms with Gasteiger partial charge < -0.3 is 9.52 Å². The Morgan fingerprint density at radius 3 is 2.62 bits per heavy atom. The summed E-state index contributed by atoms with van der Waals surface area (Å²) in [5.74, 6) is 0.412. The molecule has 0 aliphatic rings. The van der Waals surface area contributed by atoms with Gasteiger partial charge in [-0.25, -0.2) is 4.98 Å². The zero-order valence-electron chi connectivity index (χ0n) is 18.2. The number of fused-ring (bicyclic) bond motifs is 1. The molecule has 2 atom stereocenters. The normalized spacial score (nSPS) is 14.1. The molecule has 4 nitrogen and oxygen atoms in total. The fraction of sp³-hybridized carbons (Fsp3) is 0.478. The second-order valence-corrected chi connectivity index (χ2v) is 9.92. The van der Waals surface area contributed by atoms with Crippen LogP contribution in [0.25, 0.3) is 11.0 Å². The Morgan fingerprint density at radius 2 is 2.03 bits per heavy atom. The molecule has 0 bridgehead atoms. The Hall–Kier alpha value is -2.00. The number of hydrogen-bond acceptors (Lipinski definition) is 5. The highest BCUT2D eigenvalue weighted by atomic mass is 32.2. The number of thioether (sulfide) groups is 1. The molecule has 0 amide bonds. The van der Waals surface area contributed by atoms with Gasteiger partial charge in [0.15, 0.2) is 0 Å². The molecule has 0 aliphatic carbocycles. The van der Waals surface area contributed by atoms with Crippen molar-refractivity contribution in [3.8, 4) is 0 Å². The van der Waals surface area contributed by atoms with Crippen molar-refractivity contribution in [2.75, 3.05) is 5.75 Å². The van der Waals surface area contributed by atoms with Crippen molar-refractivity contribution in [2.24, 2.45) is 0 Å². The molecule has 1 N–H and O–H groups in total. The van der Waals surface area contributed by atoms with Gasteiger partial charge in [0.2, 0.25) is 0 Å². The van der Waals surface area contributed by atoms with Gasteiger partial charge >= 0.3 is 12.1 Å². The number of benzene rings is 1. The predicted molar refractivity (Wildman–Crippen MR) is 123 cm³/mol. The summed E-state index contributed by atoms with van der Waals surface area (Å²) in [5.41, 5.74) is 2.75. The zero-order valence-corrected chi connectivity index (χ0v) is 19.8. The quantitative estimate of drug-likeness (QED) is 0.318. The van der Waals surface area contributed by atoms with Crippen LogP contribution in [0, 0.1) is 13.8 Å². The third-order valence-corrected chi connectivity index (χ3v) is 7.96. The minimum Gasteiger partial charge on any atom is -0.480 e. The number of aromatic nitrogens is 1. The number of carboxylic acid groups (broad SMARTS) is 1. The summed E-state index contributed by atoms with van der Waals surface area (Å²) in [4.78, 5) is 16.7. The predicted octanol–water partition coefficient (Wildman–Crippen LogP) is 7.75. The molecule has 0 aliphatic heterocycles. The topological polar surface area (TPSA) is 63.3 Å². The van der Waals surface area contributed by atoms with Crippen molar-refractivity contribution in [3.05, 3.63) is 51.2 Å². The number of aliphatic carboxylic acids is 1. The van der Waals surface area contributed by atoms with E-state index in [2.05, 4.69) is 11.9 Å². The Balaban J connectivity index is 1.81. The van der Waals surface area contributed by atoms with Crippen molar-refractivity contribution in [2.45, 2.75) is 63.8 Å². The molecule has 0 saturated heterocycles. The average Bonchev–Trinajstić information content (AvgIpc) is 3.29. The van der Waals surface area contributed by atoms with E-state index in [1.807, 2.05) is 6.92 Å². The number of unbranched alkanes of at least 4 members (excludes halogenated alkanes) is 1. The summed E-state index contributed by atoms with van der Waals surface area (Å²) in [5, 5.41) is 9.68. The van der Waals surface area contributed by atoms with Crippen LogP contribution in [0.2, 0.25) is 0 Å². The molecule has 9 heteroatoms. The van der Waals surface area contributed by atoms with Crippen LogP contribution in [0.15, 0.2) is 28.1 Å². The third-order valence-electron chi connectivity index (χ3n) is 5.58. The molecule has 0 radical (unpaired) electrons. The highest BCUT2D eigenvalue weighted by molar-refractivity contribution is 8.00.